The van der Waals surface area contributed by atoms with Gasteiger partial charge in [-0.2, -0.15) is 0 Å². The molecule has 0 aromatic heterocycles. The van der Waals surface area contributed by atoms with E-state index in [0.717, 1.165) is 5.56 Å². The van der Waals surface area contributed by atoms with E-state index in [2.05, 4.69) is 0 Å². The van der Waals surface area contributed by atoms with Crippen LogP contribution in [0.5, 0.6) is 5.75 Å². The number of carbonyl (C=O) groups excluding carboxylic acids is 3. The van der Waals surface area contributed by atoms with Crippen LogP contribution in [0.25, 0.3) is 0 Å². The molecule has 0 aliphatic rings. The van der Waals surface area contributed by atoms with E-state index in [1.54, 1.807) is 12.1 Å². The summed E-state index contributed by atoms with van der Waals surface area (Å²) in [4.78, 5) is 34.1. The van der Waals surface area contributed by atoms with Crippen LogP contribution in [0, 0.1) is 0 Å². The van der Waals surface area contributed by atoms with Crippen molar-refractivity contribution in [1.29, 1.82) is 0 Å². The molecule has 0 heterocycles. The van der Waals surface area contributed by atoms with Crippen LogP contribution < -0.4 is 15.8 Å². The minimum Gasteiger partial charge on any atom is -0.489 e. The molecule has 130 valence electrons. The van der Waals surface area contributed by atoms with Crippen molar-refractivity contribution in [3.63, 3.8) is 0 Å². The molecule has 0 radical (unpaired) electrons. The largest absolute Gasteiger partial charge is 0.489 e. The summed E-state index contributed by atoms with van der Waals surface area (Å²) in [6.45, 7) is 1.75. The summed E-state index contributed by atoms with van der Waals surface area (Å²) in [6.07, 6.45) is -1.14. The van der Waals surface area contributed by atoms with Crippen LogP contribution in [0.15, 0.2) is 54.6 Å². The molecule has 0 saturated carbocycles. The molecule has 0 fully saturated rings. The van der Waals surface area contributed by atoms with Gasteiger partial charge in [0, 0.05) is 0 Å². The van der Waals surface area contributed by atoms with Crippen LogP contribution in [0.3, 0.4) is 0 Å². The van der Waals surface area contributed by atoms with E-state index in [1.807, 2.05) is 35.6 Å². The second kappa shape index (κ2) is 8.49. The van der Waals surface area contributed by atoms with Gasteiger partial charge in [-0.15, -0.1) is 0 Å². The Labute approximate surface area is 144 Å². The SMILES string of the molecule is C[C@@H](OC(=O)c1ccc(OCc2ccccc2)cc1)C(=O)NC(N)=O. The topological polar surface area (TPSA) is 108 Å². The van der Waals surface area contributed by atoms with Gasteiger partial charge in [-0.3, -0.25) is 10.1 Å². The fraction of sp³-hybridized carbons (Fsp3) is 0.167. The highest BCUT2D eigenvalue weighted by atomic mass is 16.5. The Morgan fingerprint density at radius 2 is 1.68 bits per heavy atom. The Morgan fingerprint density at radius 3 is 2.28 bits per heavy atom. The number of carbonyl (C=O) groups is 3. The van der Waals surface area contributed by atoms with Crippen molar-refractivity contribution < 1.29 is 23.9 Å². The molecule has 0 unspecified atom stereocenters. The van der Waals surface area contributed by atoms with Gasteiger partial charge in [0.1, 0.15) is 12.4 Å². The number of amides is 3. The monoisotopic (exact) mass is 342 g/mol. The first-order valence-electron chi connectivity index (χ1n) is 7.54. The summed E-state index contributed by atoms with van der Waals surface area (Å²) in [6, 6.07) is 15.0. The van der Waals surface area contributed by atoms with Crippen molar-refractivity contribution in [2.24, 2.45) is 5.73 Å². The lowest BCUT2D eigenvalue weighted by atomic mass is 10.2. The zero-order valence-electron chi connectivity index (χ0n) is 13.6. The van der Waals surface area contributed by atoms with Crippen LogP contribution in [0.1, 0.15) is 22.8 Å². The second-order valence-electron chi connectivity index (χ2n) is 5.20. The maximum Gasteiger partial charge on any atom is 0.338 e. The van der Waals surface area contributed by atoms with Crippen molar-refractivity contribution in [2.75, 3.05) is 0 Å². The minimum absolute atomic E-state index is 0.255. The molecule has 2 aromatic carbocycles. The van der Waals surface area contributed by atoms with Gasteiger partial charge in [-0.05, 0) is 36.8 Å². The third kappa shape index (κ3) is 5.65. The van der Waals surface area contributed by atoms with Gasteiger partial charge >= 0.3 is 12.0 Å². The summed E-state index contributed by atoms with van der Waals surface area (Å²) >= 11 is 0. The smallest absolute Gasteiger partial charge is 0.338 e. The third-order valence-electron chi connectivity index (χ3n) is 3.24. The highest BCUT2D eigenvalue weighted by Crippen LogP contribution is 2.15. The van der Waals surface area contributed by atoms with Crippen molar-refractivity contribution in [1.82, 2.24) is 5.32 Å². The summed E-state index contributed by atoms with van der Waals surface area (Å²) in [7, 11) is 0. The Balaban J connectivity index is 1.89. The lowest BCUT2D eigenvalue weighted by Crippen LogP contribution is -2.42. The third-order valence-corrected chi connectivity index (χ3v) is 3.24. The highest BCUT2D eigenvalue weighted by molar-refractivity contribution is 5.98. The number of hydrogen-bond acceptors (Lipinski definition) is 5. The van der Waals surface area contributed by atoms with E-state index in [-0.39, 0.29) is 5.56 Å². The van der Waals surface area contributed by atoms with E-state index in [9.17, 15) is 14.4 Å². The van der Waals surface area contributed by atoms with Gasteiger partial charge in [0.2, 0.25) is 0 Å². The van der Waals surface area contributed by atoms with Crippen LogP contribution >= 0.6 is 0 Å². The molecule has 2 aromatic rings. The van der Waals surface area contributed by atoms with Crippen LogP contribution in [-0.2, 0) is 16.1 Å². The summed E-state index contributed by atoms with van der Waals surface area (Å²) in [5.74, 6) is -0.884. The number of rotatable bonds is 6. The minimum atomic E-state index is -1.14. The molecule has 0 bridgehead atoms. The number of ether oxygens (including phenoxy) is 2. The van der Waals surface area contributed by atoms with Crippen LogP contribution in [0.2, 0.25) is 0 Å². The molecule has 0 saturated heterocycles. The summed E-state index contributed by atoms with van der Waals surface area (Å²) in [5, 5.41) is 1.84. The average Bonchev–Trinajstić information content (AvgIpc) is 2.60. The summed E-state index contributed by atoms with van der Waals surface area (Å²) in [5.41, 5.74) is 6.12. The average molecular weight is 342 g/mol. The number of nitrogens with two attached hydrogens (primary N) is 1. The van der Waals surface area contributed by atoms with Crippen LogP contribution in [-0.4, -0.2) is 24.0 Å². The Bertz CT molecular complexity index is 744. The molecule has 7 heteroatoms. The van der Waals surface area contributed by atoms with E-state index < -0.39 is 24.0 Å². The van der Waals surface area contributed by atoms with Gasteiger partial charge < -0.3 is 15.2 Å². The van der Waals surface area contributed by atoms with Gasteiger partial charge in [0.05, 0.1) is 5.56 Å². The van der Waals surface area contributed by atoms with E-state index in [4.69, 9.17) is 15.2 Å². The number of hydrogen-bond donors (Lipinski definition) is 2. The molecule has 3 N–H and O–H groups in total. The maximum absolute atomic E-state index is 12.0. The number of nitrogens with one attached hydrogen (secondary N) is 1. The number of benzene rings is 2. The number of urea groups is 1. The Morgan fingerprint density at radius 1 is 1.04 bits per heavy atom. The number of primary amides is 1. The Hall–Kier alpha value is -3.35. The zero-order chi connectivity index (χ0) is 18.2. The molecule has 3 amide bonds. The molecule has 2 rings (SSSR count). The fourth-order valence-corrected chi connectivity index (χ4v) is 1.93. The Kier molecular flexibility index (Phi) is 6.11. The second-order valence-corrected chi connectivity index (χ2v) is 5.20. The normalized spacial score (nSPS) is 11.2. The van der Waals surface area contributed by atoms with E-state index >= 15 is 0 Å². The first-order chi connectivity index (χ1) is 12.0. The number of imide groups is 1. The molecule has 1 atom stereocenters. The van der Waals surface area contributed by atoms with Crippen molar-refractivity contribution in [3.05, 3.63) is 65.7 Å². The van der Waals surface area contributed by atoms with Crippen molar-refractivity contribution in [2.45, 2.75) is 19.6 Å². The maximum atomic E-state index is 12.0. The number of esters is 1. The standard InChI is InChI=1S/C18H18N2O5/c1-12(16(21)20-18(19)23)25-17(22)14-7-9-15(10-8-14)24-11-13-5-3-2-4-6-13/h2-10,12H,11H2,1H3,(H3,19,20,21,23)/t12-/m1/s1. The molecule has 0 aliphatic heterocycles. The molecule has 7 nitrogen and oxygen atoms in total. The fourth-order valence-electron chi connectivity index (χ4n) is 1.93. The van der Waals surface area contributed by atoms with E-state index in [0.29, 0.717) is 12.4 Å². The highest BCUT2D eigenvalue weighted by Gasteiger charge is 2.19. The molecular weight excluding hydrogens is 324 g/mol. The lowest BCUT2D eigenvalue weighted by molar-refractivity contribution is -0.127. The van der Waals surface area contributed by atoms with Crippen molar-refractivity contribution >= 4 is 17.9 Å². The first-order valence-corrected chi connectivity index (χ1v) is 7.54. The zero-order valence-corrected chi connectivity index (χ0v) is 13.6. The van der Waals surface area contributed by atoms with E-state index in [1.165, 1.54) is 19.1 Å². The molecule has 0 spiro atoms. The van der Waals surface area contributed by atoms with Gasteiger partial charge in [-0.25, -0.2) is 9.59 Å². The lowest BCUT2D eigenvalue weighted by Gasteiger charge is -2.12. The summed E-state index contributed by atoms with van der Waals surface area (Å²) < 4.78 is 10.6. The molecule has 25 heavy (non-hydrogen) atoms. The first kappa shape index (κ1) is 18.0. The molecule has 0 aliphatic carbocycles. The van der Waals surface area contributed by atoms with Crippen molar-refractivity contribution in [3.8, 4) is 5.75 Å². The molecular formula is C18H18N2O5. The predicted octanol–water partition coefficient (Wildman–Crippen LogP) is 2.01. The van der Waals surface area contributed by atoms with Gasteiger partial charge in [0.15, 0.2) is 6.10 Å². The quantitative estimate of drug-likeness (QED) is 0.781. The van der Waals surface area contributed by atoms with Gasteiger partial charge in [-0.1, -0.05) is 30.3 Å². The van der Waals surface area contributed by atoms with Gasteiger partial charge in [0.25, 0.3) is 5.91 Å². The predicted molar refractivity (Wildman–Crippen MR) is 89.8 cm³/mol. The van der Waals surface area contributed by atoms with Crippen LogP contribution in [0.4, 0.5) is 4.79 Å².